The average Bonchev–Trinajstić information content (AvgIpc) is 3.03. The summed E-state index contributed by atoms with van der Waals surface area (Å²) in [7, 11) is 1.73. The van der Waals surface area contributed by atoms with Crippen molar-refractivity contribution in [1.29, 1.82) is 0 Å². The van der Waals surface area contributed by atoms with E-state index in [2.05, 4.69) is 52.3 Å². The van der Waals surface area contributed by atoms with Gasteiger partial charge < -0.3 is 14.5 Å². The zero-order chi connectivity index (χ0) is 19.6. The highest BCUT2D eigenvalue weighted by Gasteiger charge is 2.24. The number of aromatic nitrogens is 1. The number of fused-ring (bicyclic) bond motifs is 2. The van der Waals surface area contributed by atoms with Crippen LogP contribution in [0.2, 0.25) is 0 Å². The molecule has 1 saturated heterocycles. The zero-order valence-electron chi connectivity index (χ0n) is 17.2. The number of hydrogen-bond acceptors (Lipinski definition) is 4. The van der Waals surface area contributed by atoms with E-state index < -0.39 is 0 Å². The molecule has 0 spiro atoms. The summed E-state index contributed by atoms with van der Waals surface area (Å²) in [6.45, 7) is 4.13. The fourth-order valence-corrected chi connectivity index (χ4v) is 4.88. The maximum absolute atomic E-state index is 5.41. The maximum Gasteiger partial charge on any atom is 0.120 e. The van der Waals surface area contributed by atoms with Crippen LogP contribution in [0.25, 0.3) is 10.9 Å². The van der Waals surface area contributed by atoms with Gasteiger partial charge in [-0.1, -0.05) is 30.7 Å². The zero-order valence-corrected chi connectivity index (χ0v) is 17.2. The van der Waals surface area contributed by atoms with Crippen molar-refractivity contribution < 1.29 is 4.74 Å². The molecule has 1 fully saturated rings. The summed E-state index contributed by atoms with van der Waals surface area (Å²) in [6, 6.07) is 17.1. The lowest BCUT2D eigenvalue weighted by atomic mass is 10.00. The standard InChI is InChI=1S/C25H29N3O/c1-29-20-9-7-8-19(18-20)27-14-16-28(17-15-27)25-21-10-3-2-4-12-23(21)26-24-13-6-5-11-22(24)25/h5-9,11,13,18H,2-4,10,12,14-17H2,1H3. The number of pyridine rings is 1. The molecule has 0 unspecified atom stereocenters. The van der Waals surface area contributed by atoms with Gasteiger partial charge in [-0.05, 0) is 49.4 Å². The average molecular weight is 388 g/mol. The Morgan fingerprint density at radius 1 is 0.828 bits per heavy atom. The number of aryl methyl sites for hydroxylation is 1. The third-order valence-corrected chi connectivity index (χ3v) is 6.40. The Morgan fingerprint density at radius 3 is 2.48 bits per heavy atom. The molecule has 0 saturated carbocycles. The van der Waals surface area contributed by atoms with Gasteiger partial charge >= 0.3 is 0 Å². The molecule has 4 heteroatoms. The molecule has 0 amide bonds. The van der Waals surface area contributed by atoms with E-state index in [1.165, 1.54) is 53.7 Å². The number of methoxy groups -OCH3 is 1. The first kappa shape index (κ1) is 18.3. The topological polar surface area (TPSA) is 28.6 Å². The van der Waals surface area contributed by atoms with Crippen LogP contribution in [0.3, 0.4) is 0 Å². The summed E-state index contributed by atoms with van der Waals surface area (Å²) in [5.74, 6) is 0.926. The van der Waals surface area contributed by atoms with Crippen LogP contribution < -0.4 is 14.5 Å². The number of benzene rings is 2. The SMILES string of the molecule is COc1cccc(N2CCN(c3c4c(nc5ccccc35)CCCCC4)CC2)c1. The monoisotopic (exact) mass is 387 g/mol. The van der Waals surface area contributed by atoms with Crippen molar-refractivity contribution in [2.45, 2.75) is 32.1 Å². The van der Waals surface area contributed by atoms with Crippen LogP contribution in [-0.2, 0) is 12.8 Å². The predicted molar refractivity (Wildman–Crippen MR) is 120 cm³/mol. The highest BCUT2D eigenvalue weighted by atomic mass is 16.5. The molecular weight excluding hydrogens is 358 g/mol. The second-order valence-corrected chi connectivity index (χ2v) is 8.14. The van der Waals surface area contributed by atoms with Crippen LogP contribution in [-0.4, -0.2) is 38.3 Å². The normalized spacial score (nSPS) is 17.1. The van der Waals surface area contributed by atoms with Gasteiger partial charge in [0.2, 0.25) is 0 Å². The first-order valence-electron chi connectivity index (χ1n) is 10.9. The van der Waals surface area contributed by atoms with Crippen molar-refractivity contribution >= 4 is 22.3 Å². The molecular formula is C25H29N3O. The van der Waals surface area contributed by atoms with Gasteiger partial charge in [-0.3, -0.25) is 4.98 Å². The second kappa shape index (κ2) is 7.94. The molecule has 0 N–H and O–H groups in total. The summed E-state index contributed by atoms with van der Waals surface area (Å²) >= 11 is 0. The van der Waals surface area contributed by atoms with Crippen LogP contribution in [0, 0.1) is 0 Å². The Kier molecular flexibility index (Phi) is 5.01. The molecule has 0 radical (unpaired) electrons. The Balaban J connectivity index is 1.46. The number of para-hydroxylation sites is 1. The van der Waals surface area contributed by atoms with Crippen LogP contribution in [0.1, 0.15) is 30.5 Å². The number of anilines is 2. The molecule has 1 aliphatic heterocycles. The van der Waals surface area contributed by atoms with Gasteiger partial charge in [-0.2, -0.15) is 0 Å². The highest BCUT2D eigenvalue weighted by molar-refractivity contribution is 5.94. The van der Waals surface area contributed by atoms with E-state index in [9.17, 15) is 0 Å². The van der Waals surface area contributed by atoms with Crippen molar-refractivity contribution in [3.05, 3.63) is 59.8 Å². The molecule has 3 aromatic rings. The fourth-order valence-electron chi connectivity index (χ4n) is 4.88. The highest BCUT2D eigenvalue weighted by Crippen LogP contribution is 2.36. The largest absolute Gasteiger partial charge is 0.497 e. The van der Waals surface area contributed by atoms with Crippen molar-refractivity contribution in [3.8, 4) is 5.75 Å². The Bertz CT molecular complexity index is 1010. The molecule has 2 aliphatic rings. The van der Waals surface area contributed by atoms with E-state index in [4.69, 9.17) is 9.72 Å². The number of rotatable bonds is 3. The minimum Gasteiger partial charge on any atom is -0.497 e. The summed E-state index contributed by atoms with van der Waals surface area (Å²) < 4.78 is 5.41. The smallest absolute Gasteiger partial charge is 0.120 e. The second-order valence-electron chi connectivity index (χ2n) is 8.14. The molecule has 1 aliphatic carbocycles. The Labute approximate surface area is 173 Å². The first-order chi connectivity index (χ1) is 14.3. The van der Waals surface area contributed by atoms with Crippen molar-refractivity contribution in [1.82, 2.24) is 4.98 Å². The number of piperazine rings is 1. The molecule has 4 nitrogen and oxygen atoms in total. The molecule has 1 aromatic heterocycles. The van der Waals surface area contributed by atoms with E-state index in [1.807, 2.05) is 6.07 Å². The van der Waals surface area contributed by atoms with E-state index in [0.29, 0.717) is 0 Å². The third kappa shape index (κ3) is 3.52. The number of hydrogen-bond donors (Lipinski definition) is 0. The lowest BCUT2D eigenvalue weighted by Gasteiger charge is -2.39. The molecule has 0 bridgehead atoms. The van der Waals surface area contributed by atoms with Gasteiger partial charge in [-0.25, -0.2) is 0 Å². The molecule has 150 valence electrons. The Hall–Kier alpha value is -2.75. The minimum absolute atomic E-state index is 0.926. The molecule has 0 atom stereocenters. The van der Waals surface area contributed by atoms with Crippen molar-refractivity contribution in [2.24, 2.45) is 0 Å². The lowest BCUT2D eigenvalue weighted by molar-refractivity contribution is 0.414. The van der Waals surface area contributed by atoms with Gasteiger partial charge in [0, 0.05) is 49.0 Å². The van der Waals surface area contributed by atoms with Gasteiger partial charge in [0.05, 0.1) is 18.3 Å². The van der Waals surface area contributed by atoms with E-state index >= 15 is 0 Å². The third-order valence-electron chi connectivity index (χ3n) is 6.40. The van der Waals surface area contributed by atoms with Gasteiger partial charge in [-0.15, -0.1) is 0 Å². The van der Waals surface area contributed by atoms with Crippen molar-refractivity contribution in [2.75, 3.05) is 43.1 Å². The van der Waals surface area contributed by atoms with Gasteiger partial charge in [0.25, 0.3) is 0 Å². The number of nitrogens with zero attached hydrogens (tertiary/aromatic N) is 3. The van der Waals surface area contributed by atoms with Crippen molar-refractivity contribution in [3.63, 3.8) is 0 Å². The van der Waals surface area contributed by atoms with E-state index in [1.54, 1.807) is 7.11 Å². The van der Waals surface area contributed by atoms with E-state index in [-0.39, 0.29) is 0 Å². The number of ether oxygens (including phenoxy) is 1. The van der Waals surface area contributed by atoms with Crippen LogP contribution in [0.5, 0.6) is 5.75 Å². The summed E-state index contributed by atoms with van der Waals surface area (Å²) in [5, 5.41) is 1.32. The predicted octanol–water partition coefficient (Wildman–Crippen LogP) is 4.84. The van der Waals surface area contributed by atoms with Gasteiger partial charge in [0.15, 0.2) is 0 Å². The summed E-state index contributed by atoms with van der Waals surface area (Å²) in [4.78, 5) is 10.2. The molecule has 5 rings (SSSR count). The van der Waals surface area contributed by atoms with Crippen LogP contribution >= 0.6 is 0 Å². The lowest BCUT2D eigenvalue weighted by Crippen LogP contribution is -2.47. The molecule has 2 heterocycles. The van der Waals surface area contributed by atoms with Crippen LogP contribution in [0.15, 0.2) is 48.5 Å². The molecule has 2 aromatic carbocycles. The quantitative estimate of drug-likeness (QED) is 0.601. The fraction of sp³-hybridized carbons (Fsp3) is 0.400. The molecule has 29 heavy (non-hydrogen) atoms. The first-order valence-corrected chi connectivity index (χ1v) is 10.9. The minimum atomic E-state index is 0.926. The maximum atomic E-state index is 5.41. The van der Waals surface area contributed by atoms with E-state index in [0.717, 1.165) is 43.9 Å². The Morgan fingerprint density at radius 2 is 1.62 bits per heavy atom. The van der Waals surface area contributed by atoms with Crippen LogP contribution in [0.4, 0.5) is 11.4 Å². The van der Waals surface area contributed by atoms with Gasteiger partial charge in [0.1, 0.15) is 5.75 Å². The summed E-state index contributed by atoms with van der Waals surface area (Å²) in [5.41, 5.74) is 6.71. The summed E-state index contributed by atoms with van der Waals surface area (Å²) in [6.07, 6.45) is 6.15.